The average molecular weight is 416 g/mol. The summed E-state index contributed by atoms with van der Waals surface area (Å²) in [6, 6.07) is 9.52. The molecule has 1 amide bonds. The summed E-state index contributed by atoms with van der Waals surface area (Å²) in [7, 11) is 0. The molecule has 0 aliphatic rings. The summed E-state index contributed by atoms with van der Waals surface area (Å²) in [5.74, 6) is -1.17. The van der Waals surface area contributed by atoms with Crippen LogP contribution < -0.4 is 10.1 Å². The molecule has 0 aliphatic heterocycles. The van der Waals surface area contributed by atoms with Gasteiger partial charge in [0.25, 0.3) is 5.91 Å². The maximum Gasteiger partial charge on any atom is 0.416 e. The summed E-state index contributed by atoms with van der Waals surface area (Å²) in [6.07, 6.45) is -5.56. The number of benzene rings is 2. The minimum Gasteiger partial charge on any atom is -0.479 e. The first-order valence-electron chi connectivity index (χ1n) is 8.13. The first-order valence-corrected chi connectivity index (χ1v) is 8.50. The lowest BCUT2D eigenvalue weighted by molar-refractivity contribution is -0.153. The molecule has 28 heavy (non-hydrogen) atoms. The molecule has 0 unspecified atom stereocenters. The van der Waals surface area contributed by atoms with Crippen LogP contribution in [-0.2, 0) is 20.5 Å². The summed E-state index contributed by atoms with van der Waals surface area (Å²) in [5, 5.41) is 2.11. The van der Waals surface area contributed by atoms with Crippen LogP contribution >= 0.6 is 11.6 Å². The van der Waals surface area contributed by atoms with Crippen molar-refractivity contribution in [2.45, 2.75) is 26.1 Å². The number of halogens is 4. The van der Waals surface area contributed by atoms with Crippen LogP contribution in [0.25, 0.3) is 0 Å². The number of aryl methyl sites for hydroxylation is 1. The van der Waals surface area contributed by atoms with Gasteiger partial charge < -0.3 is 14.8 Å². The van der Waals surface area contributed by atoms with Crippen LogP contribution in [0.3, 0.4) is 0 Å². The van der Waals surface area contributed by atoms with Crippen molar-refractivity contribution in [3.05, 3.63) is 58.6 Å². The second-order valence-corrected chi connectivity index (χ2v) is 6.33. The van der Waals surface area contributed by atoms with Crippen molar-refractivity contribution in [1.29, 1.82) is 0 Å². The number of anilines is 1. The zero-order chi connectivity index (χ0) is 20.9. The zero-order valence-electron chi connectivity index (χ0n) is 15.0. The van der Waals surface area contributed by atoms with E-state index in [2.05, 4.69) is 5.32 Å². The van der Waals surface area contributed by atoms with Crippen molar-refractivity contribution in [1.82, 2.24) is 0 Å². The summed E-state index contributed by atoms with van der Waals surface area (Å²) in [6.45, 7) is 2.61. The smallest absolute Gasteiger partial charge is 0.416 e. The van der Waals surface area contributed by atoms with Gasteiger partial charge in [-0.3, -0.25) is 4.79 Å². The molecule has 2 aromatic carbocycles. The molecule has 2 rings (SSSR count). The van der Waals surface area contributed by atoms with Crippen molar-refractivity contribution in [3.63, 3.8) is 0 Å². The molecule has 1 atom stereocenters. The van der Waals surface area contributed by atoms with E-state index < -0.39 is 36.3 Å². The van der Waals surface area contributed by atoms with E-state index in [-0.39, 0.29) is 10.7 Å². The molecule has 0 aromatic heterocycles. The third kappa shape index (κ3) is 6.16. The van der Waals surface area contributed by atoms with Crippen molar-refractivity contribution >= 4 is 29.2 Å². The van der Waals surface area contributed by atoms with E-state index in [1.807, 2.05) is 13.0 Å². The van der Waals surface area contributed by atoms with Crippen LogP contribution in [0.2, 0.25) is 5.02 Å². The number of ether oxygens (including phenoxy) is 2. The molecule has 9 heteroatoms. The number of esters is 1. The molecule has 2 aromatic rings. The van der Waals surface area contributed by atoms with E-state index in [1.54, 1.807) is 18.2 Å². The van der Waals surface area contributed by atoms with Crippen molar-refractivity contribution in [2.24, 2.45) is 0 Å². The Morgan fingerprint density at radius 3 is 2.54 bits per heavy atom. The van der Waals surface area contributed by atoms with Gasteiger partial charge in [0.05, 0.1) is 16.3 Å². The molecule has 0 heterocycles. The summed E-state index contributed by atoms with van der Waals surface area (Å²) in [4.78, 5) is 23.8. The van der Waals surface area contributed by atoms with Gasteiger partial charge in [-0.15, -0.1) is 0 Å². The quantitative estimate of drug-likeness (QED) is 0.699. The monoisotopic (exact) mass is 415 g/mol. The molecule has 0 bridgehead atoms. The number of rotatable bonds is 6. The Bertz CT molecular complexity index is 870. The van der Waals surface area contributed by atoms with Crippen molar-refractivity contribution in [3.8, 4) is 5.75 Å². The molecule has 5 nitrogen and oxygen atoms in total. The number of hydrogen-bond donors (Lipinski definition) is 1. The van der Waals surface area contributed by atoms with Crippen LogP contribution in [0.15, 0.2) is 42.5 Å². The fourth-order valence-corrected chi connectivity index (χ4v) is 2.34. The first kappa shape index (κ1) is 21.6. The minimum absolute atomic E-state index is 0.0798. The summed E-state index contributed by atoms with van der Waals surface area (Å²) >= 11 is 5.80. The molecule has 0 spiro atoms. The molecule has 0 saturated heterocycles. The lowest BCUT2D eigenvalue weighted by Crippen LogP contribution is -2.29. The average Bonchev–Trinajstić information content (AvgIpc) is 2.60. The largest absolute Gasteiger partial charge is 0.479 e. The highest BCUT2D eigenvalue weighted by Gasteiger charge is 2.31. The van der Waals surface area contributed by atoms with Gasteiger partial charge >= 0.3 is 12.1 Å². The van der Waals surface area contributed by atoms with Crippen LogP contribution in [0, 0.1) is 6.92 Å². The first-order chi connectivity index (χ1) is 13.1. The Kier molecular flexibility index (Phi) is 6.90. The van der Waals surface area contributed by atoms with Gasteiger partial charge in [0.2, 0.25) is 0 Å². The molecular formula is C19H17ClF3NO4. The summed E-state index contributed by atoms with van der Waals surface area (Å²) < 4.78 is 48.5. The third-order valence-corrected chi connectivity index (χ3v) is 3.88. The molecular weight excluding hydrogens is 399 g/mol. The van der Waals surface area contributed by atoms with E-state index in [9.17, 15) is 22.8 Å². The van der Waals surface area contributed by atoms with Crippen LogP contribution in [-0.4, -0.2) is 24.6 Å². The van der Waals surface area contributed by atoms with Crippen molar-refractivity contribution < 1.29 is 32.2 Å². The second-order valence-electron chi connectivity index (χ2n) is 5.92. The SMILES string of the molecule is Cc1cccc(O[C@H](C)C(=O)OCC(=O)Nc2cc(C(F)(F)F)ccc2Cl)c1. The molecule has 0 radical (unpaired) electrons. The van der Waals surface area contributed by atoms with Gasteiger partial charge in [0.1, 0.15) is 5.75 Å². The van der Waals surface area contributed by atoms with Crippen LogP contribution in [0.1, 0.15) is 18.1 Å². The molecule has 0 aliphatic carbocycles. The van der Waals surface area contributed by atoms with E-state index in [0.717, 1.165) is 17.7 Å². The Balaban J connectivity index is 1.90. The normalized spacial score (nSPS) is 12.2. The lowest BCUT2D eigenvalue weighted by atomic mass is 10.2. The fraction of sp³-hybridized carbons (Fsp3) is 0.263. The van der Waals surface area contributed by atoms with E-state index >= 15 is 0 Å². The van der Waals surface area contributed by atoms with Crippen molar-refractivity contribution in [2.75, 3.05) is 11.9 Å². The number of nitrogens with one attached hydrogen (secondary N) is 1. The predicted octanol–water partition coefficient (Wildman–Crippen LogP) is 4.62. The Morgan fingerprint density at radius 2 is 1.89 bits per heavy atom. The summed E-state index contributed by atoms with van der Waals surface area (Å²) in [5.41, 5.74) is -0.263. The highest BCUT2D eigenvalue weighted by Crippen LogP contribution is 2.33. The molecule has 0 saturated carbocycles. The third-order valence-electron chi connectivity index (χ3n) is 3.55. The fourth-order valence-electron chi connectivity index (χ4n) is 2.18. The topological polar surface area (TPSA) is 64.6 Å². The number of amides is 1. The van der Waals surface area contributed by atoms with E-state index in [0.29, 0.717) is 11.8 Å². The maximum absolute atomic E-state index is 12.7. The Hall–Kier alpha value is -2.74. The van der Waals surface area contributed by atoms with Gasteiger partial charge in [-0.2, -0.15) is 13.2 Å². The number of hydrogen-bond acceptors (Lipinski definition) is 4. The highest BCUT2D eigenvalue weighted by atomic mass is 35.5. The lowest BCUT2D eigenvalue weighted by Gasteiger charge is -2.15. The van der Waals surface area contributed by atoms with Gasteiger partial charge in [-0.25, -0.2) is 4.79 Å². The van der Waals surface area contributed by atoms with Gasteiger partial charge in [0.15, 0.2) is 12.7 Å². The van der Waals surface area contributed by atoms with Gasteiger partial charge in [0, 0.05) is 0 Å². The molecule has 0 fully saturated rings. The standard InChI is InChI=1S/C19H17ClF3NO4/c1-11-4-3-5-14(8-11)28-12(2)18(26)27-10-17(25)24-16-9-13(19(21,22)23)6-7-15(16)20/h3-9,12H,10H2,1-2H3,(H,24,25)/t12-/m1/s1. The van der Waals surface area contributed by atoms with E-state index in [4.69, 9.17) is 21.1 Å². The number of carbonyl (C=O) groups excluding carboxylic acids is 2. The maximum atomic E-state index is 12.7. The predicted molar refractivity (Wildman–Crippen MR) is 97.3 cm³/mol. The Morgan fingerprint density at radius 1 is 1.18 bits per heavy atom. The minimum atomic E-state index is -4.58. The second kappa shape index (κ2) is 8.97. The van der Waals surface area contributed by atoms with Crippen LogP contribution in [0.4, 0.5) is 18.9 Å². The highest BCUT2D eigenvalue weighted by molar-refractivity contribution is 6.33. The van der Waals surface area contributed by atoms with Gasteiger partial charge in [-0.1, -0.05) is 23.7 Å². The molecule has 150 valence electrons. The number of alkyl halides is 3. The number of carbonyl (C=O) groups is 2. The zero-order valence-corrected chi connectivity index (χ0v) is 15.7. The molecule has 1 N–H and O–H groups in total. The van der Waals surface area contributed by atoms with Gasteiger partial charge in [-0.05, 0) is 49.7 Å². The Labute approximate surface area is 164 Å². The van der Waals surface area contributed by atoms with E-state index in [1.165, 1.54) is 6.92 Å². The van der Waals surface area contributed by atoms with Crippen LogP contribution in [0.5, 0.6) is 5.75 Å².